The number of nitrogens with zero attached hydrogens (tertiary/aromatic N) is 5. The molecule has 4 rings (SSSR count). The summed E-state index contributed by atoms with van der Waals surface area (Å²) in [5.41, 5.74) is 0.892. The number of piperazine rings is 1. The van der Waals surface area contributed by atoms with E-state index in [1.807, 2.05) is 4.90 Å². The van der Waals surface area contributed by atoms with E-state index in [4.69, 9.17) is 0 Å². The highest BCUT2D eigenvalue weighted by molar-refractivity contribution is 6.21. The lowest BCUT2D eigenvalue weighted by Gasteiger charge is -2.34. The van der Waals surface area contributed by atoms with Crippen molar-refractivity contribution in [3.05, 3.63) is 53.9 Å². The first kappa shape index (κ1) is 18.9. The van der Waals surface area contributed by atoms with Gasteiger partial charge in [-0.2, -0.15) is 0 Å². The van der Waals surface area contributed by atoms with Crippen molar-refractivity contribution in [3.8, 4) is 0 Å². The number of rotatable bonds is 5. The molecule has 9 heteroatoms. The maximum atomic E-state index is 12.4. The van der Waals surface area contributed by atoms with Gasteiger partial charge in [0.05, 0.1) is 11.1 Å². The van der Waals surface area contributed by atoms with Gasteiger partial charge < -0.3 is 15.1 Å². The van der Waals surface area contributed by atoms with E-state index >= 15 is 0 Å². The van der Waals surface area contributed by atoms with Crippen LogP contribution in [0.2, 0.25) is 0 Å². The van der Waals surface area contributed by atoms with Gasteiger partial charge in [-0.25, -0.2) is 14.8 Å². The van der Waals surface area contributed by atoms with E-state index in [0.29, 0.717) is 56.2 Å². The number of carbonyl (C=O) groups excluding carboxylic acids is 3. The predicted molar refractivity (Wildman–Crippen MR) is 106 cm³/mol. The van der Waals surface area contributed by atoms with E-state index in [1.165, 1.54) is 4.90 Å². The zero-order valence-electron chi connectivity index (χ0n) is 16.0. The number of hydrogen-bond donors (Lipinski definition) is 1. The highest BCUT2D eigenvalue weighted by atomic mass is 16.2. The van der Waals surface area contributed by atoms with Crippen LogP contribution in [0.15, 0.2) is 42.7 Å². The van der Waals surface area contributed by atoms with Crippen molar-refractivity contribution in [3.63, 3.8) is 0 Å². The maximum Gasteiger partial charge on any atom is 0.317 e. The Bertz CT molecular complexity index is 876. The molecule has 29 heavy (non-hydrogen) atoms. The Kier molecular flexibility index (Phi) is 5.37. The molecule has 2 aliphatic heterocycles. The van der Waals surface area contributed by atoms with Crippen LogP contribution < -0.4 is 10.2 Å². The van der Waals surface area contributed by atoms with Gasteiger partial charge in [-0.3, -0.25) is 14.5 Å². The molecule has 1 fully saturated rings. The minimum Gasteiger partial charge on any atom is -0.338 e. The first-order chi connectivity index (χ1) is 14.1. The fourth-order valence-electron chi connectivity index (χ4n) is 3.55. The van der Waals surface area contributed by atoms with E-state index < -0.39 is 0 Å². The van der Waals surface area contributed by atoms with E-state index in [9.17, 15) is 14.4 Å². The number of anilines is 1. The van der Waals surface area contributed by atoms with Gasteiger partial charge in [-0.05, 0) is 24.6 Å². The van der Waals surface area contributed by atoms with Crippen LogP contribution in [0.4, 0.5) is 10.7 Å². The molecule has 1 aromatic carbocycles. The summed E-state index contributed by atoms with van der Waals surface area (Å²) in [4.78, 5) is 50.5. The van der Waals surface area contributed by atoms with Crippen LogP contribution in [-0.4, -0.2) is 76.9 Å². The summed E-state index contributed by atoms with van der Waals surface area (Å²) in [7, 11) is 0. The van der Waals surface area contributed by atoms with Gasteiger partial charge in [0.15, 0.2) is 0 Å². The summed E-state index contributed by atoms with van der Waals surface area (Å²) in [6.45, 7) is 3.20. The summed E-state index contributed by atoms with van der Waals surface area (Å²) in [6.07, 6.45) is 3.92. The summed E-state index contributed by atoms with van der Waals surface area (Å²) >= 11 is 0. The average Bonchev–Trinajstić information content (AvgIpc) is 3.02. The molecule has 0 spiro atoms. The Morgan fingerprint density at radius 1 is 0.931 bits per heavy atom. The summed E-state index contributed by atoms with van der Waals surface area (Å²) in [5.74, 6) is 0.140. The van der Waals surface area contributed by atoms with E-state index in [0.717, 1.165) is 0 Å². The Morgan fingerprint density at radius 2 is 1.55 bits per heavy atom. The van der Waals surface area contributed by atoms with Gasteiger partial charge in [0.25, 0.3) is 11.8 Å². The van der Waals surface area contributed by atoms with E-state index in [-0.39, 0.29) is 24.4 Å². The predicted octanol–water partition coefficient (Wildman–Crippen LogP) is 0.994. The van der Waals surface area contributed by atoms with Crippen LogP contribution in [0.1, 0.15) is 27.1 Å². The SMILES string of the molecule is O=C(NCCCN1C(=O)c2ccccc2C1=O)N1CCN(c2ncccn2)CC1. The number of fused-ring (bicyclic) bond motifs is 1. The van der Waals surface area contributed by atoms with Crippen LogP contribution in [0.25, 0.3) is 0 Å². The number of nitrogens with one attached hydrogen (secondary N) is 1. The molecular weight excluding hydrogens is 372 g/mol. The molecule has 0 aliphatic carbocycles. The Morgan fingerprint density at radius 3 is 2.17 bits per heavy atom. The number of benzene rings is 1. The van der Waals surface area contributed by atoms with Crippen molar-refractivity contribution in [2.45, 2.75) is 6.42 Å². The number of carbonyl (C=O) groups is 3. The zero-order valence-corrected chi connectivity index (χ0v) is 16.0. The van der Waals surface area contributed by atoms with Gasteiger partial charge >= 0.3 is 6.03 Å². The summed E-state index contributed by atoms with van der Waals surface area (Å²) < 4.78 is 0. The first-order valence-corrected chi connectivity index (χ1v) is 9.65. The van der Waals surface area contributed by atoms with Gasteiger partial charge in [-0.15, -0.1) is 0 Å². The molecule has 2 aliphatic rings. The van der Waals surface area contributed by atoms with Crippen molar-refractivity contribution < 1.29 is 14.4 Å². The molecule has 0 radical (unpaired) electrons. The molecule has 1 N–H and O–H groups in total. The molecule has 2 aromatic rings. The topological polar surface area (TPSA) is 98.7 Å². The van der Waals surface area contributed by atoms with Crippen LogP contribution in [0.3, 0.4) is 0 Å². The minimum absolute atomic E-state index is 0.138. The molecular formula is C20H22N6O3. The molecule has 0 unspecified atom stereocenters. The van der Waals surface area contributed by atoms with E-state index in [2.05, 4.69) is 15.3 Å². The maximum absolute atomic E-state index is 12.4. The largest absolute Gasteiger partial charge is 0.338 e. The number of aromatic nitrogens is 2. The molecule has 1 saturated heterocycles. The molecule has 1 aromatic heterocycles. The van der Waals surface area contributed by atoms with Crippen molar-refractivity contribution >= 4 is 23.8 Å². The molecule has 150 valence electrons. The quantitative estimate of drug-likeness (QED) is 0.600. The van der Waals surface area contributed by atoms with Crippen molar-refractivity contribution in [2.75, 3.05) is 44.2 Å². The van der Waals surface area contributed by atoms with Crippen molar-refractivity contribution in [1.29, 1.82) is 0 Å². The standard InChI is InChI=1S/C20H22N6O3/c27-17-15-5-1-2-6-16(15)18(28)26(17)10-4-9-23-20(29)25-13-11-24(12-14-25)19-21-7-3-8-22-19/h1-3,5-8H,4,9-14H2,(H,23,29). The number of imide groups is 1. The lowest BCUT2D eigenvalue weighted by molar-refractivity contribution is 0.0653. The third-order valence-corrected chi connectivity index (χ3v) is 5.11. The van der Waals surface area contributed by atoms with E-state index in [1.54, 1.807) is 47.6 Å². The third-order valence-electron chi connectivity index (χ3n) is 5.11. The lowest BCUT2D eigenvalue weighted by Crippen LogP contribution is -2.52. The lowest BCUT2D eigenvalue weighted by atomic mass is 10.1. The highest BCUT2D eigenvalue weighted by Gasteiger charge is 2.34. The van der Waals surface area contributed by atoms with Gasteiger partial charge in [0, 0.05) is 51.7 Å². The Hall–Kier alpha value is -3.49. The van der Waals surface area contributed by atoms with Gasteiger partial charge in [0.2, 0.25) is 5.95 Å². The van der Waals surface area contributed by atoms with Crippen LogP contribution in [-0.2, 0) is 0 Å². The summed E-state index contributed by atoms with van der Waals surface area (Å²) in [5, 5.41) is 2.87. The highest BCUT2D eigenvalue weighted by Crippen LogP contribution is 2.22. The molecule has 3 heterocycles. The monoisotopic (exact) mass is 394 g/mol. The summed E-state index contributed by atoms with van der Waals surface area (Å²) in [6, 6.07) is 8.46. The molecule has 0 atom stereocenters. The Labute approximate surface area is 168 Å². The van der Waals surface area contributed by atoms with Crippen LogP contribution in [0.5, 0.6) is 0 Å². The van der Waals surface area contributed by atoms with Crippen molar-refractivity contribution in [2.24, 2.45) is 0 Å². The minimum atomic E-state index is -0.267. The molecule has 0 saturated carbocycles. The van der Waals surface area contributed by atoms with Crippen LogP contribution >= 0.6 is 0 Å². The third kappa shape index (κ3) is 3.89. The van der Waals surface area contributed by atoms with Gasteiger partial charge in [-0.1, -0.05) is 12.1 Å². The second-order valence-corrected chi connectivity index (χ2v) is 6.92. The molecule has 9 nitrogen and oxygen atoms in total. The molecule has 4 amide bonds. The normalized spacial score (nSPS) is 16.2. The fourth-order valence-corrected chi connectivity index (χ4v) is 3.55. The number of amides is 4. The second kappa shape index (κ2) is 8.26. The fraction of sp³-hybridized carbons (Fsp3) is 0.350. The smallest absolute Gasteiger partial charge is 0.317 e. The first-order valence-electron chi connectivity index (χ1n) is 9.65. The second-order valence-electron chi connectivity index (χ2n) is 6.92. The average molecular weight is 394 g/mol. The Balaban J connectivity index is 1.20. The zero-order chi connectivity index (χ0) is 20.2. The number of hydrogen-bond acceptors (Lipinski definition) is 6. The molecule has 0 bridgehead atoms. The van der Waals surface area contributed by atoms with Gasteiger partial charge in [0.1, 0.15) is 0 Å². The number of urea groups is 1. The van der Waals surface area contributed by atoms with Crippen LogP contribution in [0, 0.1) is 0 Å². The van der Waals surface area contributed by atoms with Crippen molar-refractivity contribution in [1.82, 2.24) is 25.1 Å².